The zero-order valence-electron chi connectivity index (χ0n) is 12.8. The van der Waals surface area contributed by atoms with Crippen LogP contribution in [0.3, 0.4) is 0 Å². The second kappa shape index (κ2) is 8.20. The fraction of sp³-hybridized carbons (Fsp3) is 0.375. The van der Waals surface area contributed by atoms with Gasteiger partial charge in [0.15, 0.2) is 0 Å². The number of carbonyl (C=O) groups is 1. The first-order valence-corrected chi connectivity index (χ1v) is 8.61. The monoisotopic (exact) mass is 371 g/mol. The van der Waals surface area contributed by atoms with Gasteiger partial charge in [-0.1, -0.05) is 17.7 Å². The van der Waals surface area contributed by atoms with Crippen LogP contribution in [0.2, 0.25) is 5.02 Å². The molecule has 1 amide bonds. The first kappa shape index (κ1) is 18.3. The Morgan fingerprint density at radius 2 is 2.09 bits per heavy atom. The van der Waals surface area contributed by atoms with Gasteiger partial charge in [-0.2, -0.15) is 0 Å². The van der Waals surface area contributed by atoms with Crippen molar-refractivity contribution in [2.45, 2.75) is 17.1 Å². The molecule has 4 nitrogen and oxygen atoms in total. The molecule has 0 saturated carbocycles. The summed E-state index contributed by atoms with van der Waals surface area (Å²) in [6.45, 7) is 5.30. The number of halogens is 2. The highest BCUT2D eigenvalue weighted by Gasteiger charge is 2.23. The van der Waals surface area contributed by atoms with Gasteiger partial charge in [0, 0.05) is 47.7 Å². The molecule has 1 aliphatic rings. The molecule has 1 aliphatic heterocycles. The number of benzene rings is 1. The Kier molecular flexibility index (Phi) is 6.53. The molecule has 1 aromatic carbocycles. The second-order valence-electron chi connectivity index (χ2n) is 5.31. The number of aromatic nitrogens is 1. The van der Waals surface area contributed by atoms with Crippen molar-refractivity contribution < 1.29 is 4.79 Å². The van der Waals surface area contributed by atoms with Gasteiger partial charge in [0.1, 0.15) is 0 Å². The van der Waals surface area contributed by atoms with E-state index in [2.05, 4.69) is 10.3 Å². The maximum atomic E-state index is 12.5. The number of pyridine rings is 1. The van der Waals surface area contributed by atoms with E-state index in [0.29, 0.717) is 5.02 Å². The van der Waals surface area contributed by atoms with Crippen LogP contribution in [-0.4, -0.2) is 47.2 Å². The van der Waals surface area contributed by atoms with Gasteiger partial charge in [-0.25, -0.2) is 0 Å². The van der Waals surface area contributed by atoms with E-state index in [1.165, 1.54) is 0 Å². The minimum atomic E-state index is -0.112. The molecule has 0 radical (unpaired) electrons. The number of thioether (sulfide) groups is 1. The van der Waals surface area contributed by atoms with Crippen LogP contribution in [0.5, 0.6) is 0 Å². The average Bonchev–Trinajstić information content (AvgIpc) is 2.55. The lowest BCUT2D eigenvalue weighted by Crippen LogP contribution is -2.48. The van der Waals surface area contributed by atoms with Crippen LogP contribution in [-0.2, 0) is 4.79 Å². The zero-order chi connectivity index (χ0) is 15.5. The Bertz CT molecular complexity index is 692. The zero-order valence-corrected chi connectivity index (χ0v) is 15.2. The van der Waals surface area contributed by atoms with Gasteiger partial charge >= 0.3 is 0 Å². The molecule has 7 heteroatoms. The molecule has 0 aliphatic carbocycles. The third-order valence-corrected chi connectivity index (χ3v) is 5.15. The van der Waals surface area contributed by atoms with E-state index < -0.39 is 0 Å². The molecule has 3 rings (SSSR count). The summed E-state index contributed by atoms with van der Waals surface area (Å²) in [4.78, 5) is 19.9. The molecule has 1 fully saturated rings. The molecule has 0 spiro atoms. The van der Waals surface area contributed by atoms with Crippen molar-refractivity contribution in [1.29, 1.82) is 0 Å². The lowest BCUT2D eigenvalue weighted by molar-refractivity contribution is -0.130. The highest BCUT2D eigenvalue weighted by Crippen LogP contribution is 2.31. The Balaban J connectivity index is 0.00000192. The van der Waals surface area contributed by atoms with Gasteiger partial charge in [0.25, 0.3) is 0 Å². The van der Waals surface area contributed by atoms with Crippen molar-refractivity contribution in [3.8, 4) is 0 Å². The van der Waals surface area contributed by atoms with Crippen LogP contribution in [0.4, 0.5) is 0 Å². The maximum absolute atomic E-state index is 12.5. The topological polar surface area (TPSA) is 45.2 Å². The van der Waals surface area contributed by atoms with E-state index in [-0.39, 0.29) is 23.6 Å². The summed E-state index contributed by atoms with van der Waals surface area (Å²) < 4.78 is 0. The number of amides is 1. The summed E-state index contributed by atoms with van der Waals surface area (Å²) in [6, 6.07) is 7.64. The predicted molar refractivity (Wildman–Crippen MR) is 98.8 cm³/mol. The van der Waals surface area contributed by atoms with Gasteiger partial charge in [0.2, 0.25) is 5.91 Å². The summed E-state index contributed by atoms with van der Waals surface area (Å²) in [5.41, 5.74) is 0.860. The maximum Gasteiger partial charge on any atom is 0.235 e. The van der Waals surface area contributed by atoms with Crippen LogP contribution in [0, 0.1) is 0 Å². The number of hydrogen-bond donors (Lipinski definition) is 1. The van der Waals surface area contributed by atoms with Gasteiger partial charge in [-0.05, 0) is 25.1 Å². The van der Waals surface area contributed by atoms with Gasteiger partial charge < -0.3 is 10.2 Å². The molecule has 2 heterocycles. The smallest absolute Gasteiger partial charge is 0.235 e. The number of fused-ring (bicyclic) bond motifs is 1. The molecule has 0 bridgehead atoms. The Hall–Kier alpha value is -1.01. The highest BCUT2D eigenvalue weighted by atomic mass is 35.5. The number of rotatable bonds is 3. The second-order valence-corrected chi connectivity index (χ2v) is 7.12. The van der Waals surface area contributed by atoms with Crippen LogP contribution in [0.15, 0.2) is 35.4 Å². The third-order valence-electron chi connectivity index (χ3n) is 3.74. The number of hydrogen-bond acceptors (Lipinski definition) is 4. The fourth-order valence-electron chi connectivity index (χ4n) is 2.58. The van der Waals surface area contributed by atoms with Crippen molar-refractivity contribution in [3.63, 3.8) is 0 Å². The summed E-state index contributed by atoms with van der Waals surface area (Å²) >= 11 is 7.60. The summed E-state index contributed by atoms with van der Waals surface area (Å²) in [5, 5.41) is 4.87. The normalized spacial score (nSPS) is 16.0. The van der Waals surface area contributed by atoms with Crippen LogP contribution >= 0.6 is 35.8 Å². The van der Waals surface area contributed by atoms with Crippen LogP contribution in [0.25, 0.3) is 10.9 Å². The van der Waals surface area contributed by atoms with Gasteiger partial charge in [0.05, 0.1) is 10.8 Å². The molecule has 1 saturated heterocycles. The van der Waals surface area contributed by atoms with E-state index >= 15 is 0 Å². The molecule has 23 heavy (non-hydrogen) atoms. The van der Waals surface area contributed by atoms with Crippen molar-refractivity contribution >= 4 is 52.6 Å². The summed E-state index contributed by atoms with van der Waals surface area (Å²) in [5.74, 6) is 0.199. The minimum Gasteiger partial charge on any atom is -0.339 e. The number of piperazine rings is 1. The molecular formula is C16H19Cl2N3OS. The molecule has 2 aromatic rings. The molecule has 1 aromatic heterocycles. The molecule has 1 unspecified atom stereocenters. The predicted octanol–water partition coefficient (Wildman–Crippen LogP) is 3.22. The van der Waals surface area contributed by atoms with Crippen molar-refractivity contribution in [2.75, 3.05) is 26.2 Å². The summed E-state index contributed by atoms with van der Waals surface area (Å²) in [7, 11) is 0. The molecule has 1 N–H and O–H groups in total. The molecule has 124 valence electrons. The first-order valence-electron chi connectivity index (χ1n) is 7.35. The Morgan fingerprint density at radius 1 is 1.35 bits per heavy atom. The van der Waals surface area contributed by atoms with E-state index in [9.17, 15) is 4.79 Å². The average molecular weight is 372 g/mol. The fourth-order valence-corrected chi connectivity index (χ4v) is 3.82. The largest absolute Gasteiger partial charge is 0.339 e. The van der Waals surface area contributed by atoms with E-state index in [1.807, 2.05) is 36.1 Å². The standard InChI is InChI=1S/C16H18ClN3OS.ClH/c1-11(16(21)20-8-6-18-7-9-20)22-15-4-5-19-14-10-12(17)2-3-13(14)15;/h2-5,10-11,18H,6-9H2,1H3;1H. The van der Waals surface area contributed by atoms with Crippen molar-refractivity contribution in [1.82, 2.24) is 15.2 Å². The highest BCUT2D eigenvalue weighted by molar-refractivity contribution is 8.00. The third kappa shape index (κ3) is 4.29. The van der Waals surface area contributed by atoms with Gasteiger partial charge in [-0.3, -0.25) is 9.78 Å². The lowest BCUT2D eigenvalue weighted by atomic mass is 10.2. The molecular weight excluding hydrogens is 353 g/mol. The molecule has 1 atom stereocenters. The van der Waals surface area contributed by atoms with Crippen LogP contribution < -0.4 is 5.32 Å². The number of nitrogens with zero attached hydrogens (tertiary/aromatic N) is 2. The van der Waals surface area contributed by atoms with E-state index in [0.717, 1.165) is 42.0 Å². The van der Waals surface area contributed by atoms with Crippen molar-refractivity contribution in [2.24, 2.45) is 0 Å². The number of carbonyl (C=O) groups excluding carboxylic acids is 1. The van der Waals surface area contributed by atoms with Gasteiger partial charge in [-0.15, -0.1) is 24.2 Å². The van der Waals surface area contributed by atoms with Crippen LogP contribution in [0.1, 0.15) is 6.92 Å². The van der Waals surface area contributed by atoms with E-state index in [1.54, 1.807) is 18.0 Å². The minimum absolute atomic E-state index is 0. The Morgan fingerprint density at radius 3 is 2.83 bits per heavy atom. The van der Waals surface area contributed by atoms with E-state index in [4.69, 9.17) is 11.6 Å². The quantitative estimate of drug-likeness (QED) is 0.841. The SMILES string of the molecule is CC(Sc1ccnc2cc(Cl)ccc12)C(=O)N1CCNCC1.Cl. The van der Waals surface area contributed by atoms with Crippen molar-refractivity contribution in [3.05, 3.63) is 35.5 Å². The first-order chi connectivity index (χ1) is 10.6. The summed E-state index contributed by atoms with van der Waals surface area (Å²) in [6.07, 6.45) is 1.77. The number of nitrogens with one attached hydrogen (secondary N) is 1. The Labute approximate surface area is 151 Å². The lowest BCUT2D eigenvalue weighted by Gasteiger charge is -2.29.